The average Bonchev–Trinajstić information content (AvgIpc) is 2.75. The van der Waals surface area contributed by atoms with Crippen molar-refractivity contribution in [2.45, 2.75) is 12.8 Å². The predicted molar refractivity (Wildman–Crippen MR) is 62.1 cm³/mol. The normalized spacial score (nSPS) is 17.5. The van der Waals surface area contributed by atoms with Crippen LogP contribution in [0.1, 0.15) is 22.3 Å². The molecule has 1 aliphatic heterocycles. The van der Waals surface area contributed by atoms with Gasteiger partial charge in [-0.05, 0) is 24.5 Å². The van der Waals surface area contributed by atoms with Gasteiger partial charge in [-0.1, -0.05) is 12.1 Å². The van der Waals surface area contributed by atoms with Gasteiger partial charge in [0.05, 0.1) is 13.1 Å². The summed E-state index contributed by atoms with van der Waals surface area (Å²) in [7, 11) is 1.48. The van der Waals surface area contributed by atoms with Crippen LogP contribution in [0.5, 0.6) is 5.75 Å². The molecule has 2 rings (SSSR count). The number of benzene rings is 1. The zero-order valence-electron chi connectivity index (χ0n) is 11.1. The molecule has 19 heavy (non-hydrogen) atoms. The van der Waals surface area contributed by atoms with E-state index in [1.807, 2.05) is 0 Å². The minimum Gasteiger partial charge on any atom is -0.545 e. The largest absolute Gasteiger partial charge is 1.00 e. The minimum absolute atomic E-state index is 0. The third-order valence-corrected chi connectivity index (χ3v) is 3.15. The Balaban J connectivity index is 0.00000180. The number of methoxy groups -OCH3 is 1. The van der Waals surface area contributed by atoms with Gasteiger partial charge >= 0.3 is 18.9 Å². The first-order valence-electron chi connectivity index (χ1n) is 5.78. The number of aromatic carboxylic acids is 1. The Morgan fingerprint density at radius 3 is 2.79 bits per heavy atom. The van der Waals surface area contributed by atoms with Crippen molar-refractivity contribution in [3.8, 4) is 5.75 Å². The predicted octanol–water partition coefficient (Wildman–Crippen LogP) is -3.26. The Morgan fingerprint density at radius 2 is 2.26 bits per heavy atom. The fraction of sp³-hybridized carbons (Fsp3) is 0.385. The van der Waals surface area contributed by atoms with Gasteiger partial charge in [0.25, 0.3) is 0 Å². The quantitative estimate of drug-likeness (QED) is 0.573. The fourth-order valence-corrected chi connectivity index (χ4v) is 2.15. The molecule has 1 aliphatic rings. The van der Waals surface area contributed by atoms with E-state index in [2.05, 4.69) is 5.32 Å². The molecule has 1 atom stereocenters. The zero-order chi connectivity index (χ0) is 13.1. The van der Waals surface area contributed by atoms with Crippen LogP contribution in [-0.2, 0) is 11.2 Å². The maximum absolute atomic E-state index is 11.5. The summed E-state index contributed by atoms with van der Waals surface area (Å²) in [5.41, 5.74) is 0.913. The van der Waals surface area contributed by atoms with Gasteiger partial charge in [0, 0.05) is 18.0 Å². The molecule has 1 aromatic rings. The Kier molecular flexibility index (Phi) is 5.46. The van der Waals surface area contributed by atoms with Gasteiger partial charge < -0.3 is 20.0 Å². The van der Waals surface area contributed by atoms with Gasteiger partial charge in [0.15, 0.2) is 0 Å². The molecule has 1 amide bonds. The van der Waals surface area contributed by atoms with E-state index in [1.54, 1.807) is 6.07 Å². The van der Waals surface area contributed by atoms with Gasteiger partial charge in [0.1, 0.15) is 5.75 Å². The third kappa shape index (κ3) is 3.52. The van der Waals surface area contributed by atoms with Crippen LogP contribution < -0.4 is 34.0 Å². The van der Waals surface area contributed by atoms with Crippen LogP contribution in [0.2, 0.25) is 0 Å². The summed E-state index contributed by atoms with van der Waals surface area (Å²) in [6.45, 7) is 0.697. The minimum atomic E-state index is -1.24. The van der Waals surface area contributed by atoms with E-state index in [0.717, 1.165) is 12.0 Å². The van der Waals surface area contributed by atoms with Crippen molar-refractivity contribution in [1.29, 1.82) is 0 Å². The van der Waals surface area contributed by atoms with Crippen LogP contribution in [0, 0.1) is 5.92 Å². The fourth-order valence-electron chi connectivity index (χ4n) is 2.15. The number of hydrogen-bond acceptors (Lipinski definition) is 4. The van der Waals surface area contributed by atoms with Gasteiger partial charge in [-0.15, -0.1) is 0 Å². The Bertz CT molecular complexity index is 490. The van der Waals surface area contributed by atoms with Crippen LogP contribution in [0.3, 0.4) is 0 Å². The van der Waals surface area contributed by atoms with Crippen LogP contribution in [-0.4, -0.2) is 25.5 Å². The van der Waals surface area contributed by atoms with Gasteiger partial charge in [-0.25, -0.2) is 0 Å². The summed E-state index contributed by atoms with van der Waals surface area (Å²) >= 11 is 0. The molecule has 96 valence electrons. The molecule has 0 spiro atoms. The molecule has 0 radical (unpaired) electrons. The van der Waals surface area contributed by atoms with Crippen molar-refractivity contribution in [1.82, 2.24) is 5.32 Å². The first-order chi connectivity index (χ1) is 8.61. The molecule has 1 aromatic carbocycles. The monoisotopic (exact) mass is 255 g/mol. The maximum Gasteiger partial charge on any atom is 1.00 e. The zero-order valence-corrected chi connectivity index (χ0v) is 11.1. The number of hydrogen-bond donors (Lipinski definition) is 1. The van der Waals surface area contributed by atoms with Gasteiger partial charge in [-0.2, -0.15) is 0 Å². The van der Waals surface area contributed by atoms with Crippen LogP contribution in [0.15, 0.2) is 18.2 Å². The molecular formula is C13H14LiNO4. The number of carbonyl (C=O) groups is 2. The van der Waals surface area contributed by atoms with Gasteiger partial charge in [0.2, 0.25) is 5.91 Å². The number of nitrogens with one attached hydrogen (secondary N) is 1. The molecule has 1 fully saturated rings. The van der Waals surface area contributed by atoms with E-state index in [0.29, 0.717) is 18.7 Å². The van der Waals surface area contributed by atoms with E-state index < -0.39 is 5.97 Å². The average molecular weight is 255 g/mol. The molecule has 1 N–H and O–H groups in total. The number of ether oxygens (including phenoxy) is 1. The molecule has 6 heteroatoms. The van der Waals surface area contributed by atoms with Crippen LogP contribution in [0.4, 0.5) is 0 Å². The van der Waals surface area contributed by atoms with E-state index in [1.165, 1.54) is 19.2 Å². The summed E-state index contributed by atoms with van der Waals surface area (Å²) < 4.78 is 5.16. The first kappa shape index (κ1) is 15.6. The molecule has 0 aromatic heterocycles. The molecule has 1 unspecified atom stereocenters. The number of carbonyl (C=O) groups excluding carboxylic acids is 2. The summed E-state index contributed by atoms with van der Waals surface area (Å²) in [5.74, 6) is -0.774. The summed E-state index contributed by atoms with van der Waals surface area (Å²) in [6.07, 6.45) is 1.35. The standard InChI is InChI=1S/C13H15NO4.Li/c1-18-11-7-10(13(16)17)3-2-8(11)6-9-4-5-14-12(9)15;/h2-3,7,9H,4-6H2,1H3,(H,14,15)(H,16,17);/q;+1/p-1. The second-order valence-corrected chi connectivity index (χ2v) is 4.29. The van der Waals surface area contributed by atoms with Crippen molar-refractivity contribution < 1.29 is 38.3 Å². The summed E-state index contributed by atoms with van der Waals surface area (Å²) in [4.78, 5) is 22.2. The van der Waals surface area contributed by atoms with Crippen LogP contribution in [0.25, 0.3) is 0 Å². The third-order valence-electron chi connectivity index (χ3n) is 3.15. The summed E-state index contributed by atoms with van der Waals surface area (Å²) in [5, 5.41) is 13.5. The van der Waals surface area contributed by atoms with Crippen molar-refractivity contribution in [2.24, 2.45) is 5.92 Å². The number of carboxylic acids is 1. The first-order valence-corrected chi connectivity index (χ1v) is 5.78. The molecule has 0 aliphatic carbocycles. The van der Waals surface area contributed by atoms with Gasteiger partial charge in [-0.3, -0.25) is 4.79 Å². The Hall–Kier alpha value is -1.44. The van der Waals surface area contributed by atoms with Crippen LogP contribution >= 0.6 is 0 Å². The molecule has 1 saturated heterocycles. The Morgan fingerprint density at radius 1 is 1.53 bits per heavy atom. The van der Waals surface area contributed by atoms with Crippen molar-refractivity contribution in [3.63, 3.8) is 0 Å². The number of carboxylic acid groups (broad SMARTS) is 1. The van der Waals surface area contributed by atoms with E-state index >= 15 is 0 Å². The summed E-state index contributed by atoms with van der Waals surface area (Å²) in [6, 6.07) is 4.58. The van der Waals surface area contributed by atoms with Crippen molar-refractivity contribution in [2.75, 3.05) is 13.7 Å². The SMILES string of the molecule is COc1cc(C(=O)[O-])ccc1CC1CCNC1=O.[Li+]. The van der Waals surface area contributed by atoms with Crippen molar-refractivity contribution >= 4 is 11.9 Å². The Labute approximate surface area is 123 Å². The number of rotatable bonds is 4. The maximum atomic E-state index is 11.5. The smallest absolute Gasteiger partial charge is 0.545 e. The molecule has 5 nitrogen and oxygen atoms in total. The molecule has 0 saturated carbocycles. The van der Waals surface area contributed by atoms with E-state index in [9.17, 15) is 14.7 Å². The topological polar surface area (TPSA) is 78.5 Å². The molecular weight excluding hydrogens is 241 g/mol. The van der Waals surface area contributed by atoms with E-state index in [-0.39, 0.29) is 36.2 Å². The molecule has 1 heterocycles. The second-order valence-electron chi connectivity index (χ2n) is 4.29. The number of amides is 1. The molecule has 0 bridgehead atoms. The van der Waals surface area contributed by atoms with Crippen molar-refractivity contribution in [3.05, 3.63) is 29.3 Å². The van der Waals surface area contributed by atoms with E-state index in [4.69, 9.17) is 4.74 Å². The second kappa shape index (κ2) is 6.65.